The Morgan fingerprint density at radius 3 is 2.87 bits per heavy atom. The van der Waals surface area contributed by atoms with Crippen molar-refractivity contribution in [2.24, 2.45) is 0 Å². The van der Waals surface area contributed by atoms with Crippen LogP contribution in [0.2, 0.25) is 5.02 Å². The number of carbonyl (C=O) groups excluding carboxylic acids is 1. The van der Waals surface area contributed by atoms with Crippen molar-refractivity contribution in [1.82, 2.24) is 14.5 Å². The van der Waals surface area contributed by atoms with E-state index in [4.69, 9.17) is 11.6 Å². The molecule has 1 amide bonds. The van der Waals surface area contributed by atoms with Gasteiger partial charge in [-0.1, -0.05) is 29.8 Å². The lowest BCUT2D eigenvalue weighted by atomic mass is 10.1. The van der Waals surface area contributed by atoms with Gasteiger partial charge in [-0.3, -0.25) is 4.79 Å². The first-order valence-corrected chi connectivity index (χ1v) is 8.03. The molecule has 1 aromatic heterocycles. The van der Waals surface area contributed by atoms with Crippen molar-refractivity contribution in [3.8, 4) is 0 Å². The molecular formula is C18H16ClN3O. The van der Waals surface area contributed by atoms with E-state index in [1.165, 1.54) is 5.56 Å². The van der Waals surface area contributed by atoms with E-state index in [0.717, 1.165) is 21.6 Å². The molecule has 0 N–H and O–H groups in total. The molecule has 23 heavy (non-hydrogen) atoms. The molecule has 4 nitrogen and oxygen atoms in total. The molecule has 3 aromatic rings. The van der Waals surface area contributed by atoms with E-state index in [0.29, 0.717) is 26.1 Å². The second-order valence-electron chi connectivity index (χ2n) is 5.84. The molecule has 0 saturated carbocycles. The van der Waals surface area contributed by atoms with Crippen LogP contribution in [0.15, 0.2) is 48.8 Å². The fraction of sp³-hybridized carbons (Fsp3) is 0.222. The number of aryl methyl sites for hydroxylation is 1. The van der Waals surface area contributed by atoms with Gasteiger partial charge in [0.15, 0.2) is 0 Å². The molecule has 5 heteroatoms. The number of carbonyl (C=O) groups is 1. The predicted molar refractivity (Wildman–Crippen MR) is 90.1 cm³/mol. The van der Waals surface area contributed by atoms with Crippen molar-refractivity contribution in [2.75, 3.05) is 0 Å². The maximum atomic E-state index is 12.5. The van der Waals surface area contributed by atoms with Crippen LogP contribution in [0.3, 0.4) is 0 Å². The number of amides is 1. The van der Waals surface area contributed by atoms with Crippen molar-refractivity contribution in [3.05, 3.63) is 64.9 Å². The molecule has 0 bridgehead atoms. The summed E-state index contributed by atoms with van der Waals surface area (Å²) in [5.74, 6) is 0.162. The lowest BCUT2D eigenvalue weighted by Gasteiger charge is -2.15. The Morgan fingerprint density at radius 2 is 1.96 bits per heavy atom. The lowest BCUT2D eigenvalue weighted by molar-refractivity contribution is -0.132. The SMILES string of the molecule is O=C(CCn1cnc2ccccc21)N1Cc2ccc(Cl)cc2C1. The van der Waals surface area contributed by atoms with Crippen LogP contribution in [-0.4, -0.2) is 20.4 Å². The van der Waals surface area contributed by atoms with Crippen molar-refractivity contribution in [2.45, 2.75) is 26.1 Å². The van der Waals surface area contributed by atoms with Gasteiger partial charge in [0.1, 0.15) is 0 Å². The molecular weight excluding hydrogens is 310 g/mol. The van der Waals surface area contributed by atoms with E-state index < -0.39 is 0 Å². The van der Waals surface area contributed by atoms with Gasteiger partial charge >= 0.3 is 0 Å². The normalized spacial score (nSPS) is 13.5. The van der Waals surface area contributed by atoms with Crippen molar-refractivity contribution in [1.29, 1.82) is 0 Å². The summed E-state index contributed by atoms with van der Waals surface area (Å²) in [6.45, 7) is 1.97. The summed E-state index contributed by atoms with van der Waals surface area (Å²) < 4.78 is 2.04. The number of imidazole rings is 1. The van der Waals surface area contributed by atoms with E-state index in [9.17, 15) is 4.79 Å². The quantitative estimate of drug-likeness (QED) is 0.737. The standard InChI is InChI=1S/C18H16ClN3O/c19-15-6-5-13-10-22(11-14(13)9-15)18(23)7-8-21-12-20-16-3-1-2-4-17(16)21/h1-6,9,12H,7-8,10-11H2. The number of hydrogen-bond acceptors (Lipinski definition) is 2. The highest BCUT2D eigenvalue weighted by atomic mass is 35.5. The zero-order chi connectivity index (χ0) is 15.8. The molecule has 0 saturated heterocycles. The molecule has 0 spiro atoms. The maximum Gasteiger partial charge on any atom is 0.224 e. The Labute approximate surface area is 139 Å². The van der Waals surface area contributed by atoms with Crippen LogP contribution in [0.1, 0.15) is 17.5 Å². The second-order valence-corrected chi connectivity index (χ2v) is 6.28. The predicted octanol–water partition coefficient (Wildman–Crippen LogP) is 3.62. The second kappa shape index (κ2) is 5.70. The van der Waals surface area contributed by atoms with Gasteiger partial charge in [0.25, 0.3) is 0 Å². The highest BCUT2D eigenvalue weighted by Crippen LogP contribution is 2.26. The third-order valence-electron chi connectivity index (χ3n) is 4.34. The van der Waals surface area contributed by atoms with E-state index in [2.05, 4.69) is 4.98 Å². The Kier molecular flexibility index (Phi) is 3.54. The molecule has 1 aliphatic heterocycles. The van der Waals surface area contributed by atoms with Gasteiger partial charge in [-0.05, 0) is 35.4 Å². The Balaban J connectivity index is 1.43. The number of aromatic nitrogens is 2. The third kappa shape index (κ3) is 2.70. The number of hydrogen-bond donors (Lipinski definition) is 0. The van der Waals surface area contributed by atoms with Gasteiger partial charge in [0.05, 0.1) is 17.4 Å². The van der Waals surface area contributed by atoms with Gasteiger partial charge in [-0.25, -0.2) is 4.98 Å². The average molecular weight is 326 g/mol. The van der Waals surface area contributed by atoms with Gasteiger partial charge in [0, 0.05) is 31.1 Å². The number of nitrogens with zero attached hydrogens (tertiary/aromatic N) is 3. The Bertz CT molecular complexity index is 887. The molecule has 1 aliphatic rings. The molecule has 0 fully saturated rings. The van der Waals surface area contributed by atoms with Crippen LogP contribution in [0, 0.1) is 0 Å². The summed E-state index contributed by atoms with van der Waals surface area (Å²) in [7, 11) is 0. The number of rotatable bonds is 3. The number of fused-ring (bicyclic) bond motifs is 2. The fourth-order valence-electron chi connectivity index (χ4n) is 3.10. The highest BCUT2D eigenvalue weighted by molar-refractivity contribution is 6.30. The smallest absolute Gasteiger partial charge is 0.224 e. The van der Waals surface area contributed by atoms with Crippen LogP contribution >= 0.6 is 11.6 Å². The summed E-state index contributed by atoms with van der Waals surface area (Å²) >= 11 is 6.02. The van der Waals surface area contributed by atoms with Gasteiger partial charge in [-0.15, -0.1) is 0 Å². The van der Waals surface area contributed by atoms with Crippen molar-refractivity contribution < 1.29 is 4.79 Å². The van der Waals surface area contributed by atoms with Gasteiger partial charge < -0.3 is 9.47 Å². The largest absolute Gasteiger partial charge is 0.334 e. The van der Waals surface area contributed by atoms with Crippen LogP contribution in [-0.2, 0) is 24.4 Å². The van der Waals surface area contributed by atoms with Crippen LogP contribution in [0.25, 0.3) is 11.0 Å². The molecule has 0 aliphatic carbocycles. The number of halogens is 1. The molecule has 4 rings (SSSR count). The fourth-order valence-corrected chi connectivity index (χ4v) is 3.30. The van der Waals surface area contributed by atoms with Gasteiger partial charge in [0.2, 0.25) is 5.91 Å². The number of para-hydroxylation sites is 2. The van der Waals surface area contributed by atoms with Crippen LogP contribution in [0.4, 0.5) is 0 Å². The van der Waals surface area contributed by atoms with Crippen LogP contribution < -0.4 is 0 Å². The molecule has 2 heterocycles. The van der Waals surface area contributed by atoms with E-state index >= 15 is 0 Å². The van der Waals surface area contributed by atoms with Crippen molar-refractivity contribution in [3.63, 3.8) is 0 Å². The average Bonchev–Trinajstić information content (AvgIpc) is 3.16. The van der Waals surface area contributed by atoms with E-state index in [-0.39, 0.29) is 5.91 Å². The monoisotopic (exact) mass is 325 g/mol. The molecule has 0 radical (unpaired) electrons. The molecule has 0 atom stereocenters. The highest BCUT2D eigenvalue weighted by Gasteiger charge is 2.23. The first-order chi connectivity index (χ1) is 11.2. The summed E-state index contributed by atoms with van der Waals surface area (Å²) in [5, 5.41) is 0.725. The Hall–Kier alpha value is -2.33. The van der Waals surface area contributed by atoms with Crippen LogP contribution in [0.5, 0.6) is 0 Å². The van der Waals surface area contributed by atoms with Gasteiger partial charge in [-0.2, -0.15) is 0 Å². The molecule has 116 valence electrons. The topological polar surface area (TPSA) is 38.1 Å². The summed E-state index contributed by atoms with van der Waals surface area (Å²) in [5.41, 5.74) is 4.37. The molecule has 2 aromatic carbocycles. The third-order valence-corrected chi connectivity index (χ3v) is 4.57. The van der Waals surface area contributed by atoms with E-state index in [1.807, 2.05) is 51.9 Å². The molecule has 0 unspecified atom stereocenters. The van der Waals surface area contributed by atoms with Crippen molar-refractivity contribution >= 4 is 28.5 Å². The summed E-state index contributed by atoms with van der Waals surface area (Å²) in [6.07, 6.45) is 2.28. The number of benzene rings is 2. The first kappa shape index (κ1) is 14.3. The summed E-state index contributed by atoms with van der Waals surface area (Å²) in [6, 6.07) is 13.8. The Morgan fingerprint density at radius 1 is 1.13 bits per heavy atom. The lowest BCUT2D eigenvalue weighted by Crippen LogP contribution is -2.26. The summed E-state index contributed by atoms with van der Waals surface area (Å²) in [4.78, 5) is 18.7. The maximum absolute atomic E-state index is 12.5. The minimum atomic E-state index is 0.162. The zero-order valence-electron chi connectivity index (χ0n) is 12.6. The minimum absolute atomic E-state index is 0.162. The minimum Gasteiger partial charge on any atom is -0.334 e. The van der Waals surface area contributed by atoms with E-state index in [1.54, 1.807) is 6.33 Å². The zero-order valence-corrected chi connectivity index (χ0v) is 13.3. The first-order valence-electron chi connectivity index (χ1n) is 7.66.